The highest BCUT2D eigenvalue weighted by Gasteiger charge is 2.19. The van der Waals surface area contributed by atoms with Gasteiger partial charge >= 0.3 is 0 Å². The van der Waals surface area contributed by atoms with Gasteiger partial charge in [-0.25, -0.2) is 0 Å². The van der Waals surface area contributed by atoms with E-state index < -0.39 is 0 Å². The highest BCUT2D eigenvalue weighted by Crippen LogP contribution is 2.31. The second kappa shape index (κ2) is 4.33. The lowest BCUT2D eigenvalue weighted by atomic mass is 9.98. The van der Waals surface area contributed by atoms with Crippen LogP contribution in [0.4, 0.5) is 5.69 Å². The summed E-state index contributed by atoms with van der Waals surface area (Å²) in [5, 5.41) is 9.65. The zero-order valence-electron chi connectivity index (χ0n) is 10.1. The number of nitrogens with two attached hydrogens (primary N) is 1. The van der Waals surface area contributed by atoms with Gasteiger partial charge in [-0.05, 0) is 24.3 Å². The lowest BCUT2D eigenvalue weighted by molar-refractivity contribution is 0.472. The standard InChI is InChI=1S/C12H15N3OS/c1-12(2,3)10-14-15-11(17-10)16-9-6-4-8(13)5-7-9/h4-7H,13H2,1-3H3. The molecule has 90 valence electrons. The SMILES string of the molecule is CC(C)(C)c1nnc(Oc2ccc(N)cc2)s1. The molecule has 0 saturated heterocycles. The number of aromatic nitrogens is 2. The number of hydrogen-bond acceptors (Lipinski definition) is 5. The molecule has 0 bridgehead atoms. The Hall–Kier alpha value is -1.62. The first-order valence-corrected chi connectivity index (χ1v) is 6.14. The second-order valence-corrected chi connectivity index (χ2v) is 5.73. The number of nitrogens with zero attached hydrogens (tertiary/aromatic N) is 2. The molecule has 1 heterocycles. The molecular formula is C12H15N3OS. The number of rotatable bonds is 2. The van der Waals surface area contributed by atoms with Crippen molar-refractivity contribution in [2.75, 3.05) is 5.73 Å². The van der Waals surface area contributed by atoms with Gasteiger partial charge in [-0.3, -0.25) is 0 Å². The molecule has 0 fully saturated rings. The van der Waals surface area contributed by atoms with Crippen LogP contribution < -0.4 is 10.5 Å². The first-order chi connectivity index (χ1) is 7.95. The molecule has 0 radical (unpaired) electrons. The van der Waals surface area contributed by atoms with Gasteiger partial charge in [-0.2, -0.15) is 0 Å². The van der Waals surface area contributed by atoms with Crippen LogP contribution in [0.2, 0.25) is 0 Å². The minimum absolute atomic E-state index is 0.000390. The van der Waals surface area contributed by atoms with E-state index in [1.807, 2.05) is 12.1 Å². The molecule has 0 atom stereocenters. The molecular weight excluding hydrogens is 234 g/mol. The van der Waals surface area contributed by atoms with Crippen molar-refractivity contribution in [1.82, 2.24) is 10.2 Å². The molecule has 2 aromatic rings. The summed E-state index contributed by atoms with van der Waals surface area (Å²) in [6.07, 6.45) is 0. The third kappa shape index (κ3) is 2.94. The van der Waals surface area contributed by atoms with E-state index in [9.17, 15) is 0 Å². The highest BCUT2D eigenvalue weighted by molar-refractivity contribution is 7.13. The predicted octanol–water partition coefficient (Wildman–Crippen LogP) is 3.21. The Balaban J connectivity index is 2.14. The van der Waals surface area contributed by atoms with Gasteiger partial charge in [0.1, 0.15) is 10.8 Å². The van der Waals surface area contributed by atoms with Crippen molar-refractivity contribution in [2.45, 2.75) is 26.2 Å². The Morgan fingerprint density at radius 2 is 1.76 bits per heavy atom. The smallest absolute Gasteiger partial charge is 0.299 e. The van der Waals surface area contributed by atoms with Crippen LogP contribution in [0.3, 0.4) is 0 Å². The zero-order valence-corrected chi connectivity index (χ0v) is 10.9. The molecule has 2 N–H and O–H groups in total. The topological polar surface area (TPSA) is 61.0 Å². The quantitative estimate of drug-likeness (QED) is 0.830. The summed E-state index contributed by atoms with van der Waals surface area (Å²) in [5.41, 5.74) is 6.31. The molecule has 0 saturated carbocycles. The van der Waals surface area contributed by atoms with Gasteiger partial charge < -0.3 is 10.5 Å². The van der Waals surface area contributed by atoms with Crippen LogP contribution in [0.15, 0.2) is 24.3 Å². The first-order valence-electron chi connectivity index (χ1n) is 5.32. The van der Waals surface area contributed by atoms with Crippen LogP contribution >= 0.6 is 11.3 Å². The minimum Gasteiger partial charge on any atom is -0.430 e. The normalized spacial score (nSPS) is 11.5. The van der Waals surface area contributed by atoms with Crippen molar-refractivity contribution >= 4 is 17.0 Å². The van der Waals surface area contributed by atoms with Crippen LogP contribution in [0.5, 0.6) is 10.9 Å². The molecule has 4 nitrogen and oxygen atoms in total. The molecule has 0 amide bonds. The fourth-order valence-electron chi connectivity index (χ4n) is 1.19. The Morgan fingerprint density at radius 3 is 2.29 bits per heavy atom. The summed E-state index contributed by atoms with van der Waals surface area (Å²) in [4.78, 5) is 0. The summed E-state index contributed by atoms with van der Waals surface area (Å²) in [5.74, 6) is 0.718. The van der Waals surface area contributed by atoms with Crippen LogP contribution in [0.25, 0.3) is 0 Å². The van der Waals surface area contributed by atoms with Crippen molar-refractivity contribution in [3.05, 3.63) is 29.3 Å². The van der Waals surface area contributed by atoms with E-state index in [0.29, 0.717) is 10.9 Å². The molecule has 1 aromatic heterocycles. The van der Waals surface area contributed by atoms with E-state index in [4.69, 9.17) is 10.5 Å². The largest absolute Gasteiger partial charge is 0.430 e. The monoisotopic (exact) mass is 249 g/mol. The van der Waals surface area contributed by atoms with Gasteiger partial charge in [-0.1, -0.05) is 37.2 Å². The number of ether oxygens (including phenoxy) is 1. The predicted molar refractivity (Wildman–Crippen MR) is 69.5 cm³/mol. The highest BCUT2D eigenvalue weighted by atomic mass is 32.1. The maximum Gasteiger partial charge on any atom is 0.299 e. The molecule has 5 heteroatoms. The minimum atomic E-state index is 0.000390. The van der Waals surface area contributed by atoms with Crippen LogP contribution in [-0.2, 0) is 5.41 Å². The van der Waals surface area contributed by atoms with Crippen molar-refractivity contribution < 1.29 is 4.74 Å². The fraction of sp³-hybridized carbons (Fsp3) is 0.333. The maximum absolute atomic E-state index is 5.60. The van der Waals surface area contributed by atoms with E-state index in [-0.39, 0.29) is 5.41 Å². The third-order valence-electron chi connectivity index (χ3n) is 2.13. The van der Waals surface area contributed by atoms with Gasteiger partial charge in [0.2, 0.25) is 0 Å². The summed E-state index contributed by atoms with van der Waals surface area (Å²) in [6.45, 7) is 6.29. The fourth-order valence-corrected chi connectivity index (χ4v) is 1.96. The van der Waals surface area contributed by atoms with Gasteiger partial charge in [0, 0.05) is 11.1 Å². The molecule has 17 heavy (non-hydrogen) atoms. The second-order valence-electron chi connectivity index (χ2n) is 4.79. The molecule has 0 aliphatic heterocycles. The van der Waals surface area contributed by atoms with Crippen LogP contribution in [0, 0.1) is 0 Å². The van der Waals surface area contributed by atoms with Crippen LogP contribution in [0.1, 0.15) is 25.8 Å². The Morgan fingerprint density at radius 1 is 1.12 bits per heavy atom. The summed E-state index contributed by atoms with van der Waals surface area (Å²) in [7, 11) is 0. The van der Waals surface area contributed by atoms with Crippen molar-refractivity contribution in [3.63, 3.8) is 0 Å². The van der Waals surface area contributed by atoms with Crippen LogP contribution in [-0.4, -0.2) is 10.2 Å². The van der Waals surface area contributed by atoms with E-state index >= 15 is 0 Å². The summed E-state index contributed by atoms with van der Waals surface area (Å²) < 4.78 is 5.60. The lowest BCUT2D eigenvalue weighted by Crippen LogP contribution is -2.10. The Bertz CT molecular complexity index is 499. The van der Waals surface area contributed by atoms with Gasteiger partial charge in [0.15, 0.2) is 0 Å². The summed E-state index contributed by atoms with van der Waals surface area (Å²) in [6, 6.07) is 7.21. The summed E-state index contributed by atoms with van der Waals surface area (Å²) >= 11 is 1.46. The average molecular weight is 249 g/mol. The number of anilines is 1. The Kier molecular flexibility index (Phi) is 3.02. The first kappa shape index (κ1) is 11.9. The third-order valence-corrected chi connectivity index (χ3v) is 3.36. The van der Waals surface area contributed by atoms with E-state index in [1.54, 1.807) is 12.1 Å². The van der Waals surface area contributed by atoms with E-state index in [2.05, 4.69) is 31.0 Å². The number of benzene rings is 1. The zero-order chi connectivity index (χ0) is 12.5. The molecule has 0 unspecified atom stereocenters. The van der Waals surface area contributed by atoms with Gasteiger partial charge in [0.05, 0.1) is 0 Å². The number of hydrogen-bond donors (Lipinski definition) is 1. The van der Waals surface area contributed by atoms with Gasteiger partial charge in [-0.15, -0.1) is 5.10 Å². The lowest BCUT2D eigenvalue weighted by Gasteiger charge is -2.12. The van der Waals surface area contributed by atoms with E-state index in [1.165, 1.54) is 11.3 Å². The molecule has 2 rings (SSSR count). The maximum atomic E-state index is 5.60. The van der Waals surface area contributed by atoms with Gasteiger partial charge in [0.25, 0.3) is 5.19 Å². The number of nitrogen functional groups attached to an aromatic ring is 1. The van der Waals surface area contributed by atoms with Crippen molar-refractivity contribution in [3.8, 4) is 10.9 Å². The molecule has 1 aromatic carbocycles. The van der Waals surface area contributed by atoms with Crippen molar-refractivity contribution in [2.24, 2.45) is 0 Å². The van der Waals surface area contributed by atoms with E-state index in [0.717, 1.165) is 10.8 Å². The molecule has 0 aliphatic rings. The average Bonchev–Trinajstić information content (AvgIpc) is 2.69. The molecule has 0 spiro atoms. The van der Waals surface area contributed by atoms with Crippen molar-refractivity contribution in [1.29, 1.82) is 0 Å². The Labute approximate surface area is 104 Å². The molecule has 0 aliphatic carbocycles.